The van der Waals surface area contributed by atoms with Gasteiger partial charge in [0.2, 0.25) is 0 Å². The topological polar surface area (TPSA) is 52.6 Å². The molecule has 0 unspecified atom stereocenters. The van der Waals surface area contributed by atoms with E-state index in [0.29, 0.717) is 24.2 Å². The lowest BCUT2D eigenvalue weighted by atomic mass is 9.96. The summed E-state index contributed by atoms with van der Waals surface area (Å²) in [7, 11) is 1.59. The third kappa shape index (κ3) is 4.20. The van der Waals surface area contributed by atoms with Crippen LogP contribution in [0.25, 0.3) is 11.6 Å². The molecule has 0 N–H and O–H groups in total. The van der Waals surface area contributed by atoms with Crippen molar-refractivity contribution < 1.29 is 19.1 Å². The van der Waals surface area contributed by atoms with Crippen molar-refractivity contribution in [2.45, 2.75) is 31.8 Å². The summed E-state index contributed by atoms with van der Waals surface area (Å²) in [6.07, 6.45) is 3.97. The van der Waals surface area contributed by atoms with E-state index in [4.69, 9.17) is 9.47 Å². The highest BCUT2D eigenvalue weighted by atomic mass is 16.5. The van der Waals surface area contributed by atoms with Gasteiger partial charge in [-0.05, 0) is 37.0 Å². The first-order chi connectivity index (χ1) is 12.7. The third-order valence-electron chi connectivity index (χ3n) is 4.49. The van der Waals surface area contributed by atoms with Gasteiger partial charge in [-0.3, -0.25) is 4.79 Å². The van der Waals surface area contributed by atoms with Gasteiger partial charge in [-0.2, -0.15) is 0 Å². The van der Waals surface area contributed by atoms with Crippen LogP contribution in [0.15, 0.2) is 54.6 Å². The zero-order valence-electron chi connectivity index (χ0n) is 14.8. The van der Waals surface area contributed by atoms with Crippen molar-refractivity contribution in [3.8, 4) is 5.75 Å². The Morgan fingerprint density at radius 3 is 2.50 bits per heavy atom. The fourth-order valence-corrected chi connectivity index (χ4v) is 3.09. The molecule has 0 saturated heterocycles. The first kappa shape index (κ1) is 17.9. The van der Waals surface area contributed by atoms with E-state index < -0.39 is 12.1 Å². The number of benzene rings is 2. The van der Waals surface area contributed by atoms with Crippen molar-refractivity contribution in [3.05, 3.63) is 65.7 Å². The third-order valence-corrected chi connectivity index (χ3v) is 4.49. The number of ketones is 1. The van der Waals surface area contributed by atoms with Crippen LogP contribution in [0, 0.1) is 0 Å². The molecule has 0 heterocycles. The van der Waals surface area contributed by atoms with Gasteiger partial charge in [0.15, 0.2) is 11.9 Å². The quantitative estimate of drug-likeness (QED) is 0.458. The minimum atomic E-state index is -0.638. The van der Waals surface area contributed by atoms with Crippen molar-refractivity contribution in [1.29, 1.82) is 0 Å². The zero-order valence-corrected chi connectivity index (χ0v) is 14.8. The van der Waals surface area contributed by atoms with Crippen LogP contribution in [0.4, 0.5) is 0 Å². The maximum atomic E-state index is 12.9. The molecule has 4 nitrogen and oxygen atoms in total. The molecule has 1 aliphatic rings. The summed E-state index contributed by atoms with van der Waals surface area (Å²) < 4.78 is 10.9. The van der Waals surface area contributed by atoms with Crippen LogP contribution in [0.2, 0.25) is 0 Å². The molecular formula is C22H22O4. The van der Waals surface area contributed by atoms with Gasteiger partial charge in [0.05, 0.1) is 12.7 Å². The molecule has 1 saturated carbocycles. The standard InChI is InChI=1S/C22H22O4/c1-25-20-13-7-5-11-17(20)15-18(16-9-3-2-4-10-16)22(24)26-21-14-8-6-12-19(21)23/h2-5,7,9-11,13,15,21H,6,8,12,14H2,1H3/b18-15+/t21-/m0/s1. The summed E-state index contributed by atoms with van der Waals surface area (Å²) in [6.45, 7) is 0. The maximum absolute atomic E-state index is 12.9. The Morgan fingerprint density at radius 2 is 1.77 bits per heavy atom. The second-order valence-corrected chi connectivity index (χ2v) is 6.27. The van der Waals surface area contributed by atoms with Crippen LogP contribution >= 0.6 is 0 Å². The number of para-hydroxylation sites is 1. The second-order valence-electron chi connectivity index (χ2n) is 6.27. The van der Waals surface area contributed by atoms with Crippen LogP contribution < -0.4 is 4.74 Å². The largest absolute Gasteiger partial charge is 0.496 e. The van der Waals surface area contributed by atoms with Gasteiger partial charge in [-0.15, -0.1) is 0 Å². The molecule has 2 aromatic carbocycles. The van der Waals surface area contributed by atoms with Crippen LogP contribution in [-0.2, 0) is 14.3 Å². The molecule has 0 aliphatic heterocycles. The smallest absolute Gasteiger partial charge is 0.339 e. The number of hydrogen-bond acceptors (Lipinski definition) is 4. The van der Waals surface area contributed by atoms with Gasteiger partial charge in [0.1, 0.15) is 5.75 Å². The summed E-state index contributed by atoms with van der Waals surface area (Å²) >= 11 is 0. The van der Waals surface area contributed by atoms with E-state index in [0.717, 1.165) is 24.0 Å². The molecule has 0 aromatic heterocycles. The zero-order chi connectivity index (χ0) is 18.4. The molecule has 0 bridgehead atoms. The molecule has 0 radical (unpaired) electrons. The number of carbonyl (C=O) groups is 2. The highest BCUT2D eigenvalue weighted by Crippen LogP contribution is 2.27. The lowest BCUT2D eigenvalue weighted by molar-refractivity contribution is -0.151. The van der Waals surface area contributed by atoms with E-state index >= 15 is 0 Å². The molecule has 1 atom stereocenters. The molecular weight excluding hydrogens is 328 g/mol. The highest BCUT2D eigenvalue weighted by molar-refractivity contribution is 6.22. The summed E-state index contributed by atoms with van der Waals surface area (Å²) in [5, 5.41) is 0. The summed E-state index contributed by atoms with van der Waals surface area (Å²) in [5.74, 6) is 0.194. The fourth-order valence-electron chi connectivity index (χ4n) is 3.09. The average molecular weight is 350 g/mol. The molecule has 0 amide bonds. The number of carbonyl (C=O) groups excluding carboxylic acids is 2. The Kier molecular flexibility index (Phi) is 5.84. The Balaban J connectivity index is 1.94. The van der Waals surface area contributed by atoms with Gasteiger partial charge in [-0.1, -0.05) is 48.5 Å². The van der Waals surface area contributed by atoms with Crippen molar-refractivity contribution in [2.75, 3.05) is 7.11 Å². The Bertz CT molecular complexity index is 808. The summed E-state index contributed by atoms with van der Waals surface area (Å²) in [6, 6.07) is 16.8. The van der Waals surface area contributed by atoms with E-state index in [2.05, 4.69) is 0 Å². The van der Waals surface area contributed by atoms with Crippen LogP contribution in [0.3, 0.4) is 0 Å². The van der Waals surface area contributed by atoms with Crippen LogP contribution in [-0.4, -0.2) is 25.0 Å². The Morgan fingerprint density at radius 1 is 1.04 bits per heavy atom. The lowest BCUT2D eigenvalue weighted by Crippen LogP contribution is -2.30. The Labute approximate surface area is 153 Å². The van der Waals surface area contributed by atoms with Crippen molar-refractivity contribution in [1.82, 2.24) is 0 Å². The summed E-state index contributed by atoms with van der Waals surface area (Å²) in [5.41, 5.74) is 1.93. The molecule has 26 heavy (non-hydrogen) atoms. The first-order valence-corrected chi connectivity index (χ1v) is 8.83. The molecule has 0 spiro atoms. The monoisotopic (exact) mass is 350 g/mol. The molecule has 134 valence electrons. The van der Waals surface area contributed by atoms with Gasteiger partial charge >= 0.3 is 5.97 Å². The lowest BCUT2D eigenvalue weighted by Gasteiger charge is -2.21. The minimum Gasteiger partial charge on any atom is -0.496 e. The SMILES string of the molecule is COc1ccccc1/C=C(/C(=O)O[C@H]1CCCCC1=O)c1ccccc1. The molecule has 1 fully saturated rings. The van der Waals surface area contributed by atoms with E-state index in [9.17, 15) is 9.59 Å². The van der Waals surface area contributed by atoms with Crippen LogP contribution in [0.5, 0.6) is 5.75 Å². The second kappa shape index (κ2) is 8.48. The van der Waals surface area contributed by atoms with E-state index in [-0.39, 0.29) is 5.78 Å². The predicted molar refractivity (Wildman–Crippen MR) is 101 cm³/mol. The number of methoxy groups -OCH3 is 1. The molecule has 1 aliphatic carbocycles. The van der Waals surface area contributed by atoms with Crippen molar-refractivity contribution in [2.24, 2.45) is 0 Å². The summed E-state index contributed by atoms with van der Waals surface area (Å²) in [4.78, 5) is 24.9. The maximum Gasteiger partial charge on any atom is 0.339 e. The van der Waals surface area contributed by atoms with Gasteiger partial charge in [0.25, 0.3) is 0 Å². The first-order valence-electron chi connectivity index (χ1n) is 8.83. The van der Waals surface area contributed by atoms with Crippen LogP contribution in [0.1, 0.15) is 36.8 Å². The van der Waals surface area contributed by atoms with E-state index in [1.807, 2.05) is 54.6 Å². The number of Topliss-reactive ketones (excluding diaryl/α,β-unsaturated/α-hetero) is 1. The number of esters is 1. The Hall–Kier alpha value is -2.88. The molecule has 3 rings (SSSR count). The fraction of sp³-hybridized carbons (Fsp3) is 0.273. The van der Waals surface area contributed by atoms with Crippen molar-refractivity contribution in [3.63, 3.8) is 0 Å². The van der Waals surface area contributed by atoms with Gasteiger partial charge in [0, 0.05) is 12.0 Å². The minimum absolute atomic E-state index is 0.00861. The van der Waals surface area contributed by atoms with Gasteiger partial charge < -0.3 is 9.47 Å². The van der Waals surface area contributed by atoms with Gasteiger partial charge in [-0.25, -0.2) is 4.79 Å². The predicted octanol–water partition coefficient (Wildman–Crippen LogP) is 4.29. The van der Waals surface area contributed by atoms with E-state index in [1.165, 1.54) is 0 Å². The average Bonchev–Trinajstić information content (AvgIpc) is 2.68. The number of hydrogen-bond donors (Lipinski definition) is 0. The van der Waals surface area contributed by atoms with E-state index in [1.54, 1.807) is 13.2 Å². The number of ether oxygens (including phenoxy) is 2. The highest BCUT2D eigenvalue weighted by Gasteiger charge is 2.27. The molecule has 2 aromatic rings. The normalized spacial score (nSPS) is 17.7. The molecule has 4 heteroatoms. The number of rotatable bonds is 5. The van der Waals surface area contributed by atoms with Crippen molar-refractivity contribution >= 4 is 23.4 Å².